The molecular weight excluding hydrogens is 440 g/mol. The zero-order valence-electron chi connectivity index (χ0n) is 18.8. The molecule has 172 valence electrons. The molecule has 0 unspecified atom stereocenters. The monoisotopic (exact) mass is 466 g/mol. The van der Waals surface area contributed by atoms with Crippen LogP contribution in [0.1, 0.15) is 43.1 Å². The first-order valence-corrected chi connectivity index (χ1v) is 11.7. The van der Waals surface area contributed by atoms with Crippen molar-refractivity contribution in [3.8, 4) is 22.1 Å². The molecule has 1 aliphatic rings. The predicted octanol–water partition coefficient (Wildman–Crippen LogP) is 4.28. The van der Waals surface area contributed by atoms with Crippen molar-refractivity contribution in [2.24, 2.45) is 5.92 Å². The van der Waals surface area contributed by atoms with E-state index in [0.717, 1.165) is 24.0 Å². The van der Waals surface area contributed by atoms with Gasteiger partial charge in [0.05, 0.1) is 0 Å². The van der Waals surface area contributed by atoms with Crippen molar-refractivity contribution >= 4 is 28.3 Å². The number of ether oxygens (including phenoxy) is 2. The summed E-state index contributed by atoms with van der Waals surface area (Å²) in [4.78, 5) is 25.8. The Morgan fingerprint density at radius 1 is 1.06 bits per heavy atom. The predicted molar refractivity (Wildman–Crippen MR) is 127 cm³/mol. The number of nitrogens with zero attached hydrogens (tertiary/aromatic N) is 2. The van der Waals surface area contributed by atoms with Gasteiger partial charge in [-0.25, -0.2) is 0 Å². The molecule has 2 aromatic carbocycles. The number of aryl methyl sites for hydroxylation is 1. The first kappa shape index (κ1) is 22.7. The van der Waals surface area contributed by atoms with Gasteiger partial charge in [0.25, 0.3) is 5.91 Å². The lowest BCUT2D eigenvalue weighted by Gasteiger charge is -2.23. The zero-order valence-corrected chi connectivity index (χ0v) is 19.6. The fourth-order valence-electron chi connectivity index (χ4n) is 3.42. The third-order valence-electron chi connectivity index (χ3n) is 5.68. The summed E-state index contributed by atoms with van der Waals surface area (Å²) >= 11 is 1.25. The van der Waals surface area contributed by atoms with E-state index in [1.807, 2.05) is 44.2 Å². The van der Waals surface area contributed by atoms with Crippen molar-refractivity contribution in [3.63, 3.8) is 0 Å². The van der Waals surface area contributed by atoms with Crippen LogP contribution < -0.4 is 20.1 Å². The smallest absolute Gasteiger partial charge is 0.251 e. The Balaban J connectivity index is 1.45. The van der Waals surface area contributed by atoms with Crippen molar-refractivity contribution in [1.82, 2.24) is 15.5 Å². The van der Waals surface area contributed by atoms with E-state index in [2.05, 4.69) is 27.8 Å². The molecule has 0 fully saturated rings. The minimum Gasteiger partial charge on any atom is -0.454 e. The van der Waals surface area contributed by atoms with Crippen molar-refractivity contribution in [2.75, 3.05) is 12.1 Å². The third kappa shape index (κ3) is 5.14. The first-order chi connectivity index (χ1) is 16.0. The molecule has 0 saturated carbocycles. The largest absolute Gasteiger partial charge is 0.454 e. The lowest BCUT2D eigenvalue weighted by Crippen LogP contribution is -2.47. The van der Waals surface area contributed by atoms with Crippen molar-refractivity contribution < 1.29 is 19.1 Å². The van der Waals surface area contributed by atoms with Gasteiger partial charge in [-0.1, -0.05) is 50.7 Å². The molecule has 2 atom stereocenters. The van der Waals surface area contributed by atoms with E-state index in [0.29, 0.717) is 27.2 Å². The van der Waals surface area contributed by atoms with Gasteiger partial charge in [0, 0.05) is 11.1 Å². The van der Waals surface area contributed by atoms with E-state index in [9.17, 15) is 9.59 Å². The molecular formula is C24H26N4O4S. The van der Waals surface area contributed by atoms with E-state index in [4.69, 9.17) is 9.47 Å². The van der Waals surface area contributed by atoms with Gasteiger partial charge in [0.2, 0.25) is 17.8 Å². The van der Waals surface area contributed by atoms with Crippen LogP contribution in [-0.4, -0.2) is 34.8 Å². The number of rotatable bonds is 8. The fourth-order valence-corrected chi connectivity index (χ4v) is 4.16. The maximum atomic E-state index is 13.1. The maximum Gasteiger partial charge on any atom is 0.251 e. The van der Waals surface area contributed by atoms with Crippen molar-refractivity contribution in [1.29, 1.82) is 0 Å². The Hall–Kier alpha value is -3.46. The number of carbonyl (C=O) groups is 2. The van der Waals surface area contributed by atoms with Crippen LogP contribution >= 0.6 is 11.3 Å². The standard InChI is InChI=1S/C24H26N4O4S/c1-4-14(3)20(25-21(29)16-8-6-15(5-2)7-9-16)22(30)26-24-28-27-23(33-24)17-10-11-18-19(12-17)32-13-31-18/h6-12,14,20H,4-5,13H2,1-3H3,(H,25,29)(H,26,28,30)/t14-,20-/m0/s1. The Labute approximate surface area is 196 Å². The van der Waals surface area contributed by atoms with Gasteiger partial charge in [-0.15, -0.1) is 10.2 Å². The molecule has 1 aromatic heterocycles. The average molecular weight is 467 g/mol. The van der Waals surface area contributed by atoms with Crippen LogP contribution in [0.2, 0.25) is 0 Å². The number of hydrogen-bond acceptors (Lipinski definition) is 7. The molecule has 9 heteroatoms. The zero-order chi connectivity index (χ0) is 23.4. The Kier molecular flexibility index (Phi) is 6.88. The lowest BCUT2D eigenvalue weighted by molar-refractivity contribution is -0.119. The summed E-state index contributed by atoms with van der Waals surface area (Å²) in [6.45, 7) is 6.17. The van der Waals surface area contributed by atoms with Crippen molar-refractivity contribution in [3.05, 3.63) is 53.6 Å². The average Bonchev–Trinajstić information content (AvgIpc) is 3.50. The number of anilines is 1. The van der Waals surface area contributed by atoms with E-state index < -0.39 is 6.04 Å². The molecule has 0 bridgehead atoms. The molecule has 33 heavy (non-hydrogen) atoms. The number of aromatic nitrogens is 2. The van der Waals surface area contributed by atoms with Crippen LogP contribution in [0, 0.1) is 5.92 Å². The molecule has 8 nitrogen and oxygen atoms in total. The maximum absolute atomic E-state index is 13.1. The number of benzene rings is 2. The van der Waals surface area contributed by atoms with Gasteiger partial charge >= 0.3 is 0 Å². The van der Waals surface area contributed by atoms with Crippen LogP contribution in [0.15, 0.2) is 42.5 Å². The molecule has 2 N–H and O–H groups in total. The fraction of sp³-hybridized carbons (Fsp3) is 0.333. The van der Waals surface area contributed by atoms with E-state index in [1.165, 1.54) is 11.3 Å². The molecule has 3 aromatic rings. The number of hydrogen-bond donors (Lipinski definition) is 2. The Bertz CT molecular complexity index is 1150. The minimum atomic E-state index is -0.703. The summed E-state index contributed by atoms with van der Waals surface area (Å²) in [5, 5.41) is 15.0. The quantitative estimate of drug-likeness (QED) is 0.514. The van der Waals surface area contributed by atoms with Gasteiger partial charge in [0.15, 0.2) is 11.5 Å². The van der Waals surface area contributed by atoms with Crippen LogP contribution in [0.3, 0.4) is 0 Å². The number of nitrogens with one attached hydrogen (secondary N) is 2. The topological polar surface area (TPSA) is 102 Å². The van der Waals surface area contributed by atoms with Crippen LogP contribution in [0.5, 0.6) is 11.5 Å². The molecule has 0 aliphatic carbocycles. The van der Waals surface area contributed by atoms with Gasteiger partial charge in [0.1, 0.15) is 11.0 Å². The summed E-state index contributed by atoms with van der Waals surface area (Å²) in [6, 6.07) is 12.2. The highest BCUT2D eigenvalue weighted by molar-refractivity contribution is 7.18. The summed E-state index contributed by atoms with van der Waals surface area (Å²) < 4.78 is 10.7. The van der Waals surface area contributed by atoms with Gasteiger partial charge in [-0.05, 0) is 48.2 Å². The summed E-state index contributed by atoms with van der Waals surface area (Å²) in [5.74, 6) is 0.672. The van der Waals surface area contributed by atoms with Crippen molar-refractivity contribution in [2.45, 2.75) is 39.7 Å². The molecule has 2 amide bonds. The van der Waals surface area contributed by atoms with Crippen LogP contribution in [0.4, 0.5) is 5.13 Å². The SMILES string of the molecule is CCc1ccc(C(=O)N[C@H](C(=O)Nc2nnc(-c3ccc4c(c3)OCO4)s2)[C@@H](C)CC)cc1. The van der Waals surface area contributed by atoms with E-state index in [-0.39, 0.29) is 24.5 Å². The minimum absolute atomic E-state index is 0.0647. The second-order valence-electron chi connectivity index (χ2n) is 7.86. The molecule has 0 radical (unpaired) electrons. The molecule has 4 rings (SSSR count). The number of carbonyl (C=O) groups excluding carboxylic acids is 2. The highest BCUT2D eigenvalue weighted by Crippen LogP contribution is 2.37. The lowest BCUT2D eigenvalue weighted by atomic mass is 9.98. The second kappa shape index (κ2) is 9.99. The second-order valence-corrected chi connectivity index (χ2v) is 8.83. The normalized spacial score (nSPS) is 13.9. The van der Waals surface area contributed by atoms with Gasteiger partial charge < -0.3 is 14.8 Å². The highest BCUT2D eigenvalue weighted by atomic mass is 32.1. The number of fused-ring (bicyclic) bond motifs is 1. The molecule has 0 spiro atoms. The van der Waals surface area contributed by atoms with Gasteiger partial charge in [-0.2, -0.15) is 0 Å². The van der Waals surface area contributed by atoms with E-state index in [1.54, 1.807) is 12.1 Å². The summed E-state index contributed by atoms with van der Waals surface area (Å²) in [6.07, 6.45) is 1.63. The van der Waals surface area contributed by atoms with Gasteiger partial charge in [-0.3, -0.25) is 14.9 Å². The van der Waals surface area contributed by atoms with Crippen LogP contribution in [0.25, 0.3) is 10.6 Å². The molecule has 0 saturated heterocycles. The number of amides is 2. The van der Waals surface area contributed by atoms with Crippen LogP contribution in [-0.2, 0) is 11.2 Å². The first-order valence-electron chi connectivity index (χ1n) is 10.9. The highest BCUT2D eigenvalue weighted by Gasteiger charge is 2.27. The Morgan fingerprint density at radius 2 is 1.82 bits per heavy atom. The third-order valence-corrected chi connectivity index (χ3v) is 6.57. The summed E-state index contributed by atoms with van der Waals surface area (Å²) in [5.41, 5.74) is 2.49. The molecule has 2 heterocycles. The summed E-state index contributed by atoms with van der Waals surface area (Å²) in [7, 11) is 0. The van der Waals surface area contributed by atoms with E-state index >= 15 is 0 Å². The molecule has 1 aliphatic heterocycles. The Morgan fingerprint density at radius 3 is 2.55 bits per heavy atom.